The van der Waals surface area contributed by atoms with Gasteiger partial charge in [-0.15, -0.1) is 0 Å². The van der Waals surface area contributed by atoms with Gasteiger partial charge in [0.25, 0.3) is 5.79 Å². The Hall–Kier alpha value is -2.79. The summed E-state index contributed by atoms with van der Waals surface area (Å²) in [5, 5.41) is 136. The van der Waals surface area contributed by atoms with E-state index in [0.717, 1.165) is 58.3 Å². The second kappa shape index (κ2) is 49.7. The number of nitrogens with one attached hydrogen (secondary N) is 2. The Bertz CT molecular complexity index is 1960. The van der Waals surface area contributed by atoms with E-state index in [2.05, 4.69) is 36.6 Å². The molecule has 0 bridgehead atoms. The molecule has 0 aliphatic carbocycles. The molecular weight excluding hydrogens is 1190 g/mol. The first-order valence-electron chi connectivity index (χ1n) is 35.7. The van der Waals surface area contributed by atoms with E-state index in [1.807, 2.05) is 6.08 Å². The molecule has 0 spiro atoms. The molecule has 0 saturated carbocycles. The summed E-state index contributed by atoms with van der Waals surface area (Å²) in [5.74, 6) is -6.14. The van der Waals surface area contributed by atoms with Crippen LogP contribution in [-0.2, 0) is 42.8 Å². The van der Waals surface area contributed by atoms with Crippen molar-refractivity contribution in [3.63, 3.8) is 0 Å². The topological polar surface area (TPSA) is 373 Å². The molecule has 2 amide bonds. The van der Waals surface area contributed by atoms with E-state index in [-0.39, 0.29) is 12.3 Å². The largest absolute Gasteiger partial charge is 0.477 e. The third-order valence-corrected chi connectivity index (χ3v) is 18.1. The summed E-state index contributed by atoms with van der Waals surface area (Å²) in [6.45, 7) is 2.13. The highest BCUT2D eigenvalue weighted by Crippen LogP contribution is 2.39. The average Bonchev–Trinajstić information content (AvgIpc) is 0.767. The Morgan fingerprint density at radius 1 is 0.565 bits per heavy atom. The van der Waals surface area contributed by atoms with Gasteiger partial charge in [0.05, 0.1) is 50.7 Å². The Labute approximate surface area is 549 Å². The molecule has 0 aromatic carbocycles. The standard InChI is InChI=1S/C69H126N2O21/c1-4-6-8-10-12-14-16-18-19-20-21-22-23-24-25-26-27-28-29-31-33-35-37-39-41-43-56(79)71-50(51(76)42-40-38-36-34-32-30-17-15-13-11-9-7-5-2)48-87-66-61(83)60(82)63(55(47-74)89-66)90-67-62(84)65(59(81)54(46-73)88-67)92-69(68(85)86)44-52(77)57(70-49(3)75)64(91-69)58(80)53(78)45-72/h24-25,40,42,50-55,57-67,72-74,76-78,80-84H,4-23,26-39,41,43-48H2,1-3H3,(H,70,75)(H,71,79)(H,85,86)/b25-24-,42-40+. The van der Waals surface area contributed by atoms with E-state index < -0.39 is 155 Å². The van der Waals surface area contributed by atoms with Crippen molar-refractivity contribution in [3.05, 3.63) is 24.3 Å². The van der Waals surface area contributed by atoms with Crippen molar-refractivity contribution in [2.75, 3.05) is 26.4 Å². The van der Waals surface area contributed by atoms with E-state index in [1.165, 1.54) is 161 Å². The lowest BCUT2D eigenvalue weighted by Gasteiger charge is -2.50. The van der Waals surface area contributed by atoms with Gasteiger partial charge in [-0.1, -0.05) is 218 Å². The number of amides is 2. The summed E-state index contributed by atoms with van der Waals surface area (Å²) in [7, 11) is 0. The number of rotatable bonds is 54. The van der Waals surface area contributed by atoms with Crippen LogP contribution in [0.3, 0.4) is 0 Å². The summed E-state index contributed by atoms with van der Waals surface area (Å²) in [4.78, 5) is 38.5. The Balaban J connectivity index is 1.55. The molecule has 3 aliphatic rings. The van der Waals surface area contributed by atoms with Crippen LogP contribution in [0.4, 0.5) is 0 Å². The first-order valence-corrected chi connectivity index (χ1v) is 35.7. The maximum absolute atomic E-state index is 13.5. The van der Waals surface area contributed by atoms with Crippen molar-refractivity contribution < 1.29 is 104 Å². The summed E-state index contributed by atoms with van der Waals surface area (Å²) >= 11 is 0. The highest BCUT2D eigenvalue weighted by Gasteiger charge is 2.60. The van der Waals surface area contributed by atoms with Crippen LogP contribution in [0.25, 0.3) is 0 Å². The van der Waals surface area contributed by atoms with E-state index in [9.17, 15) is 75.7 Å². The monoisotopic (exact) mass is 1320 g/mol. The van der Waals surface area contributed by atoms with Crippen molar-refractivity contribution in [3.8, 4) is 0 Å². The van der Waals surface area contributed by atoms with E-state index >= 15 is 0 Å². The van der Waals surface area contributed by atoms with Gasteiger partial charge >= 0.3 is 5.97 Å². The van der Waals surface area contributed by atoms with Gasteiger partial charge in [0, 0.05) is 19.8 Å². The van der Waals surface area contributed by atoms with Gasteiger partial charge in [-0.3, -0.25) is 9.59 Å². The number of carboxylic acids is 1. The minimum Gasteiger partial charge on any atom is -0.477 e. The van der Waals surface area contributed by atoms with Crippen molar-refractivity contribution in [1.82, 2.24) is 10.6 Å². The summed E-state index contributed by atoms with van der Waals surface area (Å²) in [6.07, 6.45) is 20.9. The lowest BCUT2D eigenvalue weighted by Crippen LogP contribution is -2.70. The van der Waals surface area contributed by atoms with Crippen LogP contribution < -0.4 is 10.6 Å². The average molecular weight is 1320 g/mol. The van der Waals surface area contributed by atoms with Gasteiger partial charge in [0.1, 0.15) is 67.1 Å². The second-order valence-corrected chi connectivity index (χ2v) is 26.1. The van der Waals surface area contributed by atoms with Crippen molar-refractivity contribution in [2.45, 2.75) is 368 Å². The first-order chi connectivity index (χ1) is 44.4. The number of allylic oxidation sites excluding steroid dienone is 3. The molecule has 0 radical (unpaired) electrons. The van der Waals surface area contributed by atoms with Gasteiger partial charge in [-0.05, 0) is 44.9 Å². The quantitative estimate of drug-likeness (QED) is 0.0219. The van der Waals surface area contributed by atoms with Crippen LogP contribution in [0, 0.1) is 0 Å². The van der Waals surface area contributed by atoms with Crippen LogP contribution in [-0.4, -0.2) is 215 Å². The van der Waals surface area contributed by atoms with Crippen LogP contribution in [0.2, 0.25) is 0 Å². The molecule has 23 nitrogen and oxygen atoms in total. The number of ether oxygens (including phenoxy) is 6. The third kappa shape index (κ3) is 31.6. The summed E-state index contributed by atoms with van der Waals surface area (Å²) < 4.78 is 34.8. The molecule has 3 heterocycles. The maximum atomic E-state index is 13.5. The summed E-state index contributed by atoms with van der Waals surface area (Å²) in [6, 6.07) is -2.62. The minimum absolute atomic E-state index is 0.199. The van der Waals surface area contributed by atoms with Crippen molar-refractivity contribution >= 4 is 17.8 Å². The number of unbranched alkanes of at least 4 members (excludes halogenated alkanes) is 32. The number of aliphatic carboxylic acids is 1. The fraction of sp³-hybridized carbons (Fsp3) is 0.899. The van der Waals surface area contributed by atoms with Crippen LogP contribution in [0.1, 0.15) is 258 Å². The highest BCUT2D eigenvalue weighted by molar-refractivity contribution is 5.77. The van der Waals surface area contributed by atoms with Crippen LogP contribution in [0.5, 0.6) is 0 Å². The van der Waals surface area contributed by atoms with Crippen molar-refractivity contribution in [1.29, 1.82) is 0 Å². The fourth-order valence-electron chi connectivity index (χ4n) is 12.4. The SMILES string of the molecule is CCCCCCCCCCCCC/C=C/C(O)C(COC1OC(CO)C(OC2OC(CO)C(O)C(OC3(C(=O)O)CC(O)C(NC(C)=O)C(C(O)C(O)CO)O3)C2O)C(O)C1O)NC(=O)CCCCCCCCCCC/C=C\CCCCCCCCCCCCCC. The molecule has 92 heavy (non-hydrogen) atoms. The molecule has 18 atom stereocenters. The Kier molecular flexibility index (Phi) is 45.1. The third-order valence-electron chi connectivity index (χ3n) is 18.1. The Morgan fingerprint density at radius 2 is 1.02 bits per heavy atom. The van der Waals surface area contributed by atoms with Gasteiger partial charge < -0.3 is 100 Å². The maximum Gasteiger partial charge on any atom is 0.364 e. The number of carboxylic acid groups (broad SMARTS) is 1. The van der Waals surface area contributed by atoms with Gasteiger partial charge in [0.2, 0.25) is 11.8 Å². The highest BCUT2D eigenvalue weighted by atomic mass is 16.8. The molecule has 3 rings (SSSR count). The second-order valence-electron chi connectivity index (χ2n) is 26.1. The predicted octanol–water partition coefficient (Wildman–Crippen LogP) is 6.84. The minimum atomic E-state index is -3.08. The number of aliphatic hydroxyl groups is 11. The van der Waals surface area contributed by atoms with E-state index in [4.69, 9.17) is 28.4 Å². The smallest absolute Gasteiger partial charge is 0.364 e. The number of hydrogen-bond acceptors (Lipinski definition) is 20. The number of hydrogen-bond donors (Lipinski definition) is 14. The van der Waals surface area contributed by atoms with Gasteiger partial charge in [-0.25, -0.2) is 4.79 Å². The molecule has 18 unspecified atom stereocenters. The number of carbonyl (C=O) groups excluding carboxylic acids is 2. The lowest BCUT2D eigenvalue weighted by molar-refractivity contribution is -0.386. The van der Waals surface area contributed by atoms with Crippen molar-refractivity contribution in [2.24, 2.45) is 0 Å². The molecule has 0 aromatic heterocycles. The molecule has 3 saturated heterocycles. The molecular formula is C69H126N2O21. The molecule has 538 valence electrons. The zero-order chi connectivity index (χ0) is 67.5. The molecule has 3 fully saturated rings. The lowest BCUT2D eigenvalue weighted by atomic mass is 9.88. The molecule has 14 N–H and O–H groups in total. The zero-order valence-electron chi connectivity index (χ0n) is 56.2. The zero-order valence-corrected chi connectivity index (χ0v) is 56.2. The molecule has 23 heteroatoms. The number of carbonyl (C=O) groups is 3. The summed E-state index contributed by atoms with van der Waals surface area (Å²) in [5.41, 5.74) is 0. The number of aliphatic hydroxyl groups excluding tert-OH is 11. The normalized spacial score (nSPS) is 28.3. The van der Waals surface area contributed by atoms with Crippen LogP contribution in [0.15, 0.2) is 24.3 Å². The van der Waals surface area contributed by atoms with Crippen LogP contribution >= 0.6 is 0 Å². The van der Waals surface area contributed by atoms with Gasteiger partial charge in [0.15, 0.2) is 12.6 Å². The van der Waals surface area contributed by atoms with E-state index in [0.29, 0.717) is 12.8 Å². The Morgan fingerprint density at radius 3 is 1.48 bits per heavy atom. The van der Waals surface area contributed by atoms with E-state index in [1.54, 1.807) is 6.08 Å². The molecule has 3 aliphatic heterocycles. The predicted molar refractivity (Wildman–Crippen MR) is 348 cm³/mol. The fourth-order valence-corrected chi connectivity index (χ4v) is 12.4. The first kappa shape index (κ1) is 83.4. The van der Waals surface area contributed by atoms with Gasteiger partial charge in [-0.2, -0.15) is 0 Å². The molecule has 0 aromatic rings.